The minimum Gasteiger partial charge on any atom is -0.454 e. The highest BCUT2D eigenvalue weighted by atomic mass is 32.1. The predicted octanol–water partition coefficient (Wildman–Crippen LogP) is 5.35. The Morgan fingerprint density at radius 2 is 1.91 bits per heavy atom. The molecule has 2 N–H and O–H groups in total. The van der Waals surface area contributed by atoms with E-state index in [9.17, 15) is 9.59 Å². The fourth-order valence-electron chi connectivity index (χ4n) is 3.87. The van der Waals surface area contributed by atoms with Crippen LogP contribution in [-0.4, -0.2) is 31.4 Å². The number of aryl methyl sites for hydroxylation is 1. The van der Waals surface area contributed by atoms with Crippen LogP contribution in [-0.2, 0) is 4.79 Å². The topological polar surface area (TPSA) is 106 Å². The van der Waals surface area contributed by atoms with Crippen LogP contribution in [0.5, 0.6) is 0 Å². The molecule has 0 radical (unpaired) electrons. The van der Waals surface area contributed by atoms with Gasteiger partial charge in [-0.15, -0.1) is 11.3 Å². The summed E-state index contributed by atoms with van der Waals surface area (Å²) in [5.41, 5.74) is 3.23. The number of furan rings is 1. The Bertz CT molecular complexity index is 1670. The van der Waals surface area contributed by atoms with Crippen LogP contribution in [0.4, 0.5) is 5.82 Å². The van der Waals surface area contributed by atoms with Crippen LogP contribution in [0, 0.1) is 6.92 Å². The van der Waals surface area contributed by atoms with Crippen LogP contribution in [0.25, 0.3) is 38.5 Å². The zero-order chi connectivity index (χ0) is 23.2. The average Bonchev–Trinajstić information content (AvgIpc) is 3.62. The Morgan fingerprint density at radius 1 is 1.09 bits per heavy atom. The van der Waals surface area contributed by atoms with Gasteiger partial charge < -0.3 is 14.7 Å². The smallest absolute Gasteiger partial charge is 0.298 e. The molecule has 0 atom stereocenters. The van der Waals surface area contributed by atoms with Crippen LogP contribution >= 0.6 is 11.3 Å². The Kier molecular flexibility index (Phi) is 4.63. The normalized spacial score (nSPS) is 11.3. The van der Waals surface area contributed by atoms with Gasteiger partial charge >= 0.3 is 0 Å². The van der Waals surface area contributed by atoms with Crippen molar-refractivity contribution in [1.29, 1.82) is 0 Å². The molecule has 1 amide bonds. The van der Waals surface area contributed by atoms with E-state index in [-0.39, 0.29) is 0 Å². The number of benzene rings is 2. The van der Waals surface area contributed by atoms with Gasteiger partial charge in [-0.3, -0.25) is 9.59 Å². The summed E-state index contributed by atoms with van der Waals surface area (Å²) in [4.78, 5) is 33.4. The Hall–Kier alpha value is -4.50. The maximum absolute atomic E-state index is 12.9. The molecule has 0 saturated carbocycles. The summed E-state index contributed by atoms with van der Waals surface area (Å²) in [6.45, 7) is 1.81. The summed E-state index contributed by atoms with van der Waals surface area (Å²) in [6.07, 6.45) is 1.55. The third kappa shape index (κ3) is 3.39. The molecule has 166 valence electrons. The molecule has 4 heterocycles. The number of anilines is 1. The first-order valence-electron chi connectivity index (χ1n) is 10.5. The molecule has 0 bridgehead atoms. The summed E-state index contributed by atoms with van der Waals surface area (Å²) in [7, 11) is 0. The lowest BCUT2D eigenvalue weighted by Crippen LogP contribution is -2.24. The molecule has 0 spiro atoms. The van der Waals surface area contributed by atoms with Crippen LogP contribution in [0.3, 0.4) is 0 Å². The monoisotopic (exact) mass is 467 g/mol. The molecule has 4 aromatic heterocycles. The minimum absolute atomic E-state index is 0.317. The molecule has 2 aromatic carbocycles. The lowest BCUT2D eigenvalue weighted by Gasteiger charge is -2.05. The van der Waals surface area contributed by atoms with Crippen molar-refractivity contribution in [3.63, 3.8) is 0 Å². The molecule has 0 aliphatic rings. The van der Waals surface area contributed by atoms with Gasteiger partial charge in [0.05, 0.1) is 11.3 Å². The number of thiazole rings is 1. The van der Waals surface area contributed by atoms with Gasteiger partial charge in [0.15, 0.2) is 5.76 Å². The number of hydrogen-bond donors (Lipinski definition) is 2. The molecule has 0 saturated heterocycles. The zero-order valence-electron chi connectivity index (χ0n) is 17.9. The number of nitrogens with one attached hydrogen (secondary N) is 2. The number of H-pyrrole nitrogens is 1. The summed E-state index contributed by atoms with van der Waals surface area (Å²) in [5.74, 6) is -0.376. The number of carbonyl (C=O) groups is 2. The third-order valence-corrected chi connectivity index (χ3v) is 6.28. The SMILES string of the molecule is Cc1cc(NC(=O)C(=O)c2c[nH]c3ccccc23)n(-c2nc(-c3cc4ccccc4o3)cs2)n1. The largest absolute Gasteiger partial charge is 0.454 e. The second-order valence-electron chi connectivity index (χ2n) is 7.78. The van der Waals surface area contributed by atoms with Crippen molar-refractivity contribution in [2.75, 3.05) is 5.32 Å². The van der Waals surface area contributed by atoms with Crippen molar-refractivity contribution in [2.24, 2.45) is 0 Å². The summed E-state index contributed by atoms with van der Waals surface area (Å²) < 4.78 is 7.43. The number of nitrogens with zero attached hydrogens (tertiary/aromatic N) is 3. The minimum atomic E-state index is -0.750. The Balaban J connectivity index is 1.29. The summed E-state index contributed by atoms with van der Waals surface area (Å²) >= 11 is 1.36. The fraction of sp³-hybridized carbons (Fsp3) is 0.0400. The van der Waals surface area contributed by atoms with Gasteiger partial charge in [-0.1, -0.05) is 36.4 Å². The molecule has 0 unspecified atom stereocenters. The number of ketones is 1. The van der Waals surface area contributed by atoms with Gasteiger partial charge in [-0.2, -0.15) is 9.78 Å². The van der Waals surface area contributed by atoms with Crippen molar-refractivity contribution in [1.82, 2.24) is 19.7 Å². The van der Waals surface area contributed by atoms with Gasteiger partial charge in [0.2, 0.25) is 5.13 Å². The predicted molar refractivity (Wildman–Crippen MR) is 130 cm³/mol. The average molecular weight is 468 g/mol. The fourth-order valence-corrected chi connectivity index (χ4v) is 4.65. The van der Waals surface area contributed by atoms with Gasteiger partial charge in [0.25, 0.3) is 11.7 Å². The quantitative estimate of drug-likeness (QED) is 0.262. The number of rotatable bonds is 5. The van der Waals surface area contributed by atoms with E-state index in [1.54, 1.807) is 25.3 Å². The maximum atomic E-state index is 12.9. The number of aromatic amines is 1. The molecule has 0 fully saturated rings. The van der Waals surface area contributed by atoms with Crippen LogP contribution < -0.4 is 5.32 Å². The van der Waals surface area contributed by atoms with Gasteiger partial charge in [-0.05, 0) is 25.1 Å². The number of hydrogen-bond acceptors (Lipinski definition) is 6. The maximum Gasteiger partial charge on any atom is 0.298 e. The van der Waals surface area contributed by atoms with Crippen LogP contribution in [0.2, 0.25) is 0 Å². The molecule has 34 heavy (non-hydrogen) atoms. The number of carbonyl (C=O) groups excluding carboxylic acids is 2. The van der Waals surface area contributed by atoms with E-state index in [0.717, 1.165) is 16.5 Å². The molecule has 6 rings (SSSR count). The van der Waals surface area contributed by atoms with Crippen LogP contribution in [0.1, 0.15) is 16.1 Å². The number of para-hydroxylation sites is 2. The summed E-state index contributed by atoms with van der Waals surface area (Å²) in [6, 6.07) is 18.7. The highest BCUT2D eigenvalue weighted by molar-refractivity contribution is 7.12. The van der Waals surface area contributed by atoms with Crippen molar-refractivity contribution >= 4 is 50.7 Å². The number of Topliss-reactive ketones (excluding diaryl/α,β-unsaturated/α-hetero) is 1. The van der Waals surface area contributed by atoms with Gasteiger partial charge in [0, 0.05) is 33.9 Å². The first-order chi connectivity index (χ1) is 16.6. The van der Waals surface area contributed by atoms with E-state index in [1.807, 2.05) is 53.9 Å². The molecule has 9 heteroatoms. The lowest BCUT2D eigenvalue weighted by molar-refractivity contribution is -0.112. The zero-order valence-corrected chi connectivity index (χ0v) is 18.7. The van der Waals surface area contributed by atoms with Crippen molar-refractivity contribution in [3.05, 3.63) is 83.5 Å². The molecule has 0 aliphatic heterocycles. The van der Waals surface area contributed by atoms with Crippen molar-refractivity contribution < 1.29 is 14.0 Å². The molecular formula is C25H17N5O3S. The third-order valence-electron chi connectivity index (χ3n) is 5.46. The standard InChI is InChI=1S/C25H17N5O3S/c1-14-10-22(28-24(32)23(31)17-12-26-18-8-4-3-7-16(17)18)30(29-14)25-27-19(13-34-25)21-11-15-6-2-5-9-20(15)33-21/h2-13,26H,1H3,(H,28,32). The first kappa shape index (κ1) is 20.1. The molecule has 8 nitrogen and oxygen atoms in total. The Labute approximate surface area is 196 Å². The van der Waals surface area contributed by atoms with Gasteiger partial charge in [0.1, 0.15) is 17.1 Å². The second kappa shape index (κ2) is 7.82. The highest BCUT2D eigenvalue weighted by Gasteiger charge is 2.23. The van der Waals surface area contributed by atoms with E-state index < -0.39 is 11.7 Å². The van der Waals surface area contributed by atoms with Crippen molar-refractivity contribution in [3.8, 4) is 16.6 Å². The van der Waals surface area contributed by atoms with E-state index >= 15 is 0 Å². The van der Waals surface area contributed by atoms with E-state index in [0.29, 0.717) is 39.0 Å². The molecular weight excluding hydrogens is 450 g/mol. The lowest BCUT2D eigenvalue weighted by atomic mass is 10.1. The van der Waals surface area contributed by atoms with Crippen molar-refractivity contribution in [2.45, 2.75) is 6.92 Å². The van der Waals surface area contributed by atoms with E-state index in [2.05, 4.69) is 20.4 Å². The number of fused-ring (bicyclic) bond motifs is 2. The number of amides is 1. The molecule has 0 aliphatic carbocycles. The van der Waals surface area contributed by atoms with Crippen LogP contribution in [0.15, 0.2) is 76.7 Å². The number of aromatic nitrogens is 4. The highest BCUT2D eigenvalue weighted by Crippen LogP contribution is 2.30. The van der Waals surface area contributed by atoms with E-state index in [1.165, 1.54) is 16.0 Å². The van der Waals surface area contributed by atoms with Gasteiger partial charge in [-0.25, -0.2) is 4.98 Å². The Morgan fingerprint density at radius 3 is 2.79 bits per heavy atom. The van der Waals surface area contributed by atoms with E-state index in [4.69, 9.17) is 4.42 Å². The summed E-state index contributed by atoms with van der Waals surface area (Å²) in [5, 5.41) is 11.2. The second-order valence-corrected chi connectivity index (χ2v) is 8.61. The molecule has 6 aromatic rings. The first-order valence-corrected chi connectivity index (χ1v) is 11.4.